The van der Waals surface area contributed by atoms with Crippen LogP contribution in [0.25, 0.3) is 16.8 Å². The van der Waals surface area contributed by atoms with Crippen LogP contribution in [0.5, 0.6) is 5.75 Å². The first-order valence-corrected chi connectivity index (χ1v) is 10.3. The quantitative estimate of drug-likeness (QED) is 0.524. The van der Waals surface area contributed by atoms with E-state index in [0.717, 1.165) is 28.1 Å². The molecule has 1 N–H and O–H groups in total. The van der Waals surface area contributed by atoms with Crippen LogP contribution < -0.4 is 0 Å². The first-order chi connectivity index (χ1) is 14.6. The smallest absolute Gasteiger partial charge is 0.185 e. The predicted molar refractivity (Wildman–Crippen MR) is 114 cm³/mol. The molecule has 0 saturated heterocycles. The monoisotopic (exact) mass is 418 g/mol. The van der Waals surface area contributed by atoms with E-state index in [0.29, 0.717) is 29.2 Å². The first-order valence-electron chi connectivity index (χ1n) is 9.91. The number of ketones is 1. The highest BCUT2D eigenvalue weighted by Gasteiger charge is 2.32. The third-order valence-electron chi connectivity index (χ3n) is 5.67. The second kappa shape index (κ2) is 7.22. The molecule has 0 unspecified atom stereocenters. The maximum atomic E-state index is 12.9. The molecule has 0 spiro atoms. The highest BCUT2D eigenvalue weighted by Crippen LogP contribution is 2.37. The van der Waals surface area contributed by atoms with Crippen LogP contribution in [0, 0.1) is 0 Å². The average Bonchev–Trinajstić information content (AvgIpc) is 3.13. The van der Waals surface area contributed by atoms with Gasteiger partial charge in [-0.05, 0) is 42.2 Å². The zero-order valence-corrected chi connectivity index (χ0v) is 17.1. The highest BCUT2D eigenvalue weighted by atomic mass is 35.5. The Kier molecular flexibility index (Phi) is 4.51. The summed E-state index contributed by atoms with van der Waals surface area (Å²) >= 11 is 6.21. The molecule has 1 aliphatic rings. The summed E-state index contributed by atoms with van der Waals surface area (Å²) in [5.74, 6) is -0.0226. The molecule has 2 aromatic heterocycles. The van der Waals surface area contributed by atoms with Crippen LogP contribution in [-0.4, -0.2) is 30.7 Å². The van der Waals surface area contributed by atoms with Gasteiger partial charge in [0.1, 0.15) is 5.75 Å². The Morgan fingerprint density at radius 2 is 1.97 bits per heavy atom. The van der Waals surface area contributed by atoms with Crippen LogP contribution in [-0.2, 0) is 12.8 Å². The van der Waals surface area contributed by atoms with Crippen LogP contribution in [0.15, 0.2) is 48.5 Å². The Bertz CT molecular complexity index is 1300. The summed E-state index contributed by atoms with van der Waals surface area (Å²) in [6.45, 7) is 2.03. The van der Waals surface area contributed by atoms with Crippen LogP contribution in [0.2, 0.25) is 5.02 Å². The molecule has 1 atom stereocenters. The lowest BCUT2D eigenvalue weighted by Crippen LogP contribution is -2.24. The van der Waals surface area contributed by atoms with E-state index < -0.39 is 0 Å². The topological polar surface area (TPSA) is 80.4 Å². The van der Waals surface area contributed by atoms with Crippen molar-refractivity contribution in [2.45, 2.75) is 32.1 Å². The summed E-state index contributed by atoms with van der Waals surface area (Å²) in [6.07, 6.45) is 1.54. The third-order valence-corrected chi connectivity index (χ3v) is 5.90. The van der Waals surface area contributed by atoms with Crippen molar-refractivity contribution in [2.24, 2.45) is 0 Å². The minimum atomic E-state index is -0.137. The van der Waals surface area contributed by atoms with Crippen LogP contribution >= 0.6 is 11.6 Å². The van der Waals surface area contributed by atoms with E-state index in [1.165, 1.54) is 0 Å². The van der Waals surface area contributed by atoms with E-state index in [1.54, 1.807) is 16.6 Å². The van der Waals surface area contributed by atoms with Crippen molar-refractivity contribution in [3.8, 4) is 16.9 Å². The summed E-state index contributed by atoms with van der Waals surface area (Å²) in [5.41, 5.74) is 5.13. The number of phenols is 1. The number of nitrogens with zero attached hydrogens (tertiary/aromatic N) is 4. The number of aromatic nitrogens is 4. The summed E-state index contributed by atoms with van der Waals surface area (Å²) in [6, 6.07) is 14.7. The van der Waals surface area contributed by atoms with Gasteiger partial charge in [0, 0.05) is 17.4 Å². The molecule has 0 saturated carbocycles. The summed E-state index contributed by atoms with van der Waals surface area (Å²) in [5, 5.41) is 24.4. The molecule has 0 radical (unpaired) electrons. The molecule has 4 aromatic rings. The first kappa shape index (κ1) is 18.8. The molecule has 0 amide bonds. The summed E-state index contributed by atoms with van der Waals surface area (Å²) in [4.78, 5) is 12.9. The maximum Gasteiger partial charge on any atom is 0.185 e. The lowest BCUT2D eigenvalue weighted by molar-refractivity contribution is 0.0955. The van der Waals surface area contributed by atoms with Gasteiger partial charge in [0.15, 0.2) is 17.1 Å². The number of phenolic OH excluding ortho intramolecular Hbond substituents is 1. The van der Waals surface area contributed by atoms with Crippen LogP contribution in [0.1, 0.15) is 46.7 Å². The zero-order valence-electron chi connectivity index (χ0n) is 16.3. The van der Waals surface area contributed by atoms with E-state index in [-0.39, 0.29) is 23.9 Å². The average molecular weight is 419 g/mol. The molecule has 1 aliphatic carbocycles. The lowest BCUT2D eigenvalue weighted by Gasteiger charge is -2.23. The van der Waals surface area contributed by atoms with Gasteiger partial charge in [0.25, 0.3) is 0 Å². The van der Waals surface area contributed by atoms with Crippen molar-refractivity contribution in [3.63, 3.8) is 0 Å². The molecule has 0 fully saturated rings. The number of rotatable bonds is 3. The third kappa shape index (κ3) is 2.95. The molecule has 2 aromatic carbocycles. The number of benzene rings is 2. The molecule has 7 heteroatoms. The Labute approximate surface area is 178 Å². The minimum absolute atomic E-state index is 0.0863. The number of para-hydroxylation sites is 1. The zero-order chi connectivity index (χ0) is 20.8. The van der Waals surface area contributed by atoms with Crippen molar-refractivity contribution in [1.29, 1.82) is 0 Å². The Balaban J connectivity index is 1.70. The fourth-order valence-electron chi connectivity index (χ4n) is 4.25. The summed E-state index contributed by atoms with van der Waals surface area (Å²) < 4.78 is 1.75. The van der Waals surface area contributed by atoms with Gasteiger partial charge in [-0.1, -0.05) is 48.9 Å². The SMILES string of the molecule is CCc1nn2c3c(nnc2c1-c1cccc(Cl)c1)C(=O)C[C@@H](c1ccccc1O)C3. The Morgan fingerprint density at radius 1 is 1.13 bits per heavy atom. The van der Waals surface area contributed by atoms with Crippen molar-refractivity contribution in [1.82, 2.24) is 19.8 Å². The molecule has 6 nitrogen and oxygen atoms in total. The van der Waals surface area contributed by atoms with Crippen LogP contribution in [0.4, 0.5) is 0 Å². The molecular weight excluding hydrogens is 400 g/mol. The number of aromatic hydroxyl groups is 1. The predicted octanol–water partition coefficient (Wildman–Crippen LogP) is 4.63. The highest BCUT2D eigenvalue weighted by molar-refractivity contribution is 6.30. The molecular formula is C23H19ClN4O2. The van der Waals surface area contributed by atoms with E-state index >= 15 is 0 Å². The Hall–Kier alpha value is -3.25. The summed E-state index contributed by atoms with van der Waals surface area (Å²) in [7, 11) is 0. The number of hydrogen-bond acceptors (Lipinski definition) is 5. The van der Waals surface area contributed by atoms with Crippen molar-refractivity contribution in [3.05, 3.63) is 76.2 Å². The number of halogens is 1. The number of Topliss-reactive ketones (excluding diaryl/α,β-unsaturated/α-hetero) is 1. The van der Waals surface area contributed by atoms with Gasteiger partial charge < -0.3 is 5.11 Å². The van der Waals surface area contributed by atoms with E-state index in [9.17, 15) is 9.90 Å². The molecule has 30 heavy (non-hydrogen) atoms. The van der Waals surface area contributed by atoms with Crippen molar-refractivity contribution in [2.75, 3.05) is 0 Å². The van der Waals surface area contributed by atoms with Gasteiger partial charge in [-0.2, -0.15) is 5.10 Å². The van der Waals surface area contributed by atoms with Crippen molar-refractivity contribution < 1.29 is 9.90 Å². The number of aryl methyl sites for hydroxylation is 1. The largest absolute Gasteiger partial charge is 0.508 e. The van der Waals surface area contributed by atoms with E-state index in [2.05, 4.69) is 10.2 Å². The fraction of sp³-hybridized carbons (Fsp3) is 0.217. The van der Waals surface area contributed by atoms with Gasteiger partial charge in [-0.15, -0.1) is 10.2 Å². The molecule has 0 bridgehead atoms. The number of carbonyl (C=O) groups is 1. The fourth-order valence-corrected chi connectivity index (χ4v) is 4.44. The second-order valence-electron chi connectivity index (χ2n) is 7.50. The molecule has 5 rings (SSSR count). The molecule has 2 heterocycles. The minimum Gasteiger partial charge on any atom is -0.508 e. The van der Waals surface area contributed by atoms with Gasteiger partial charge in [-0.3, -0.25) is 4.79 Å². The van der Waals surface area contributed by atoms with Crippen molar-refractivity contribution >= 4 is 23.0 Å². The second-order valence-corrected chi connectivity index (χ2v) is 7.94. The Morgan fingerprint density at radius 3 is 2.73 bits per heavy atom. The lowest BCUT2D eigenvalue weighted by atomic mass is 9.83. The molecule has 150 valence electrons. The number of fused-ring (bicyclic) bond motifs is 3. The number of carbonyl (C=O) groups excluding carboxylic acids is 1. The maximum absolute atomic E-state index is 12.9. The number of hydrogen-bond donors (Lipinski definition) is 1. The van der Waals surface area contributed by atoms with Gasteiger partial charge in [-0.25, -0.2) is 4.52 Å². The molecule has 0 aliphatic heterocycles. The van der Waals surface area contributed by atoms with Crippen LogP contribution in [0.3, 0.4) is 0 Å². The standard InChI is InChI=1S/C23H19ClN4O2/c1-2-17-21(13-6-5-7-15(24)10-13)23-26-25-22-18(28(23)27-17)11-14(12-20(22)30)16-8-3-4-9-19(16)29/h3-10,14,29H,2,11-12H2,1H3/t14-/m0/s1. The van der Waals surface area contributed by atoms with E-state index in [1.807, 2.05) is 43.3 Å². The van der Waals surface area contributed by atoms with E-state index in [4.69, 9.17) is 16.7 Å². The van der Waals surface area contributed by atoms with Gasteiger partial charge >= 0.3 is 0 Å². The normalized spacial score (nSPS) is 16.1. The van der Waals surface area contributed by atoms with Gasteiger partial charge in [0.2, 0.25) is 0 Å². The van der Waals surface area contributed by atoms with Gasteiger partial charge in [0.05, 0.1) is 17.0 Å².